The molecular weight excluding hydrogens is 412 g/mol. The second-order valence-corrected chi connectivity index (χ2v) is 10.2. The Balaban J connectivity index is 1.27. The molecular formula is C24H28N2O4S. The van der Waals surface area contributed by atoms with Crippen LogP contribution in [0.3, 0.4) is 0 Å². The number of aryl methyl sites for hydroxylation is 1. The molecule has 0 spiro atoms. The van der Waals surface area contributed by atoms with Crippen LogP contribution in [0.25, 0.3) is 11.6 Å². The van der Waals surface area contributed by atoms with Crippen molar-refractivity contribution in [3.8, 4) is 5.75 Å². The van der Waals surface area contributed by atoms with Crippen LogP contribution in [0.2, 0.25) is 0 Å². The number of sulfonamides is 1. The van der Waals surface area contributed by atoms with E-state index < -0.39 is 10.0 Å². The van der Waals surface area contributed by atoms with E-state index in [2.05, 4.69) is 4.90 Å². The Morgan fingerprint density at radius 2 is 1.71 bits per heavy atom. The summed E-state index contributed by atoms with van der Waals surface area (Å²) in [5.41, 5.74) is 4.44. The maximum absolute atomic E-state index is 12.9. The van der Waals surface area contributed by atoms with Crippen molar-refractivity contribution in [3.05, 3.63) is 64.7 Å². The summed E-state index contributed by atoms with van der Waals surface area (Å²) < 4.78 is 30.6. The first-order valence-electron chi connectivity index (χ1n) is 10.6. The number of nitrogens with zero attached hydrogens (tertiary/aromatic N) is 2. The Hall–Kier alpha value is -2.48. The maximum Gasteiger partial charge on any atom is 0.211 e. The summed E-state index contributed by atoms with van der Waals surface area (Å²) in [6.07, 6.45) is 4.05. The van der Waals surface area contributed by atoms with Gasteiger partial charge in [0.25, 0.3) is 0 Å². The molecule has 2 aromatic carbocycles. The molecule has 31 heavy (non-hydrogen) atoms. The highest BCUT2D eigenvalue weighted by Gasteiger charge is 2.25. The SMILES string of the molecule is Cc1ccc(C2=Cc3ccc(OCCCN4CCN(S(C)(=O)=O)CC4)cc3C2=O)cc1. The number of benzene rings is 2. The molecule has 164 valence electrons. The zero-order valence-electron chi connectivity index (χ0n) is 18.0. The number of ketones is 1. The van der Waals surface area contributed by atoms with E-state index in [-0.39, 0.29) is 5.78 Å². The number of ether oxygens (including phenoxy) is 1. The van der Waals surface area contributed by atoms with Gasteiger partial charge in [-0.05, 0) is 42.7 Å². The predicted octanol–water partition coefficient (Wildman–Crippen LogP) is 3.08. The lowest BCUT2D eigenvalue weighted by molar-refractivity contribution is 0.105. The second kappa shape index (κ2) is 8.94. The minimum absolute atomic E-state index is 0.0352. The minimum Gasteiger partial charge on any atom is -0.494 e. The highest BCUT2D eigenvalue weighted by atomic mass is 32.2. The second-order valence-electron chi connectivity index (χ2n) is 8.21. The van der Waals surface area contributed by atoms with Crippen LogP contribution in [0, 0.1) is 6.92 Å². The van der Waals surface area contributed by atoms with E-state index in [1.54, 1.807) is 0 Å². The van der Waals surface area contributed by atoms with Crippen molar-refractivity contribution in [2.24, 2.45) is 0 Å². The van der Waals surface area contributed by atoms with Crippen LogP contribution in [-0.2, 0) is 10.0 Å². The maximum atomic E-state index is 12.9. The first kappa shape index (κ1) is 21.7. The molecule has 4 rings (SSSR count). The molecule has 0 amide bonds. The molecule has 0 saturated carbocycles. The van der Waals surface area contributed by atoms with Crippen LogP contribution in [-0.4, -0.2) is 69.0 Å². The van der Waals surface area contributed by atoms with E-state index in [4.69, 9.17) is 4.74 Å². The molecule has 1 aliphatic carbocycles. The summed E-state index contributed by atoms with van der Waals surface area (Å²) in [4.78, 5) is 15.1. The van der Waals surface area contributed by atoms with Crippen molar-refractivity contribution in [2.75, 3.05) is 45.6 Å². The standard InChI is InChI=1S/C24H28N2O4S/c1-18-4-6-19(7-5-18)22-16-20-8-9-21(17-23(20)24(22)27)30-15-3-10-25-11-13-26(14-12-25)31(2,28)29/h4-9,16-17H,3,10-15H2,1-2H3. The summed E-state index contributed by atoms with van der Waals surface area (Å²) in [7, 11) is -3.09. The van der Waals surface area contributed by atoms with Crippen molar-refractivity contribution < 1.29 is 17.9 Å². The summed E-state index contributed by atoms with van der Waals surface area (Å²) in [5, 5.41) is 0. The molecule has 0 unspecified atom stereocenters. The van der Waals surface area contributed by atoms with Crippen molar-refractivity contribution >= 4 is 27.5 Å². The number of fused-ring (bicyclic) bond motifs is 1. The molecule has 2 aromatic rings. The number of carbonyl (C=O) groups excluding carboxylic acids is 1. The molecule has 1 saturated heterocycles. The van der Waals surface area contributed by atoms with Gasteiger partial charge >= 0.3 is 0 Å². The smallest absolute Gasteiger partial charge is 0.211 e. The van der Waals surface area contributed by atoms with Gasteiger partial charge in [-0.15, -0.1) is 0 Å². The highest BCUT2D eigenvalue weighted by Crippen LogP contribution is 2.33. The van der Waals surface area contributed by atoms with E-state index in [1.165, 1.54) is 16.1 Å². The van der Waals surface area contributed by atoms with Gasteiger partial charge in [-0.3, -0.25) is 4.79 Å². The van der Waals surface area contributed by atoms with Crippen molar-refractivity contribution in [1.29, 1.82) is 0 Å². The molecule has 1 aliphatic heterocycles. The van der Waals surface area contributed by atoms with Crippen molar-refractivity contribution in [3.63, 3.8) is 0 Å². The Kier molecular flexibility index (Phi) is 6.27. The number of piperazine rings is 1. The molecule has 6 nitrogen and oxygen atoms in total. The van der Waals surface area contributed by atoms with Crippen LogP contribution < -0.4 is 4.74 Å². The number of hydrogen-bond acceptors (Lipinski definition) is 5. The average molecular weight is 441 g/mol. The lowest BCUT2D eigenvalue weighted by Crippen LogP contribution is -2.48. The third-order valence-corrected chi connectivity index (χ3v) is 7.17. The van der Waals surface area contributed by atoms with Gasteiger partial charge in [-0.2, -0.15) is 4.31 Å². The van der Waals surface area contributed by atoms with E-state index in [0.29, 0.717) is 31.0 Å². The summed E-state index contributed by atoms with van der Waals surface area (Å²) in [6, 6.07) is 13.7. The van der Waals surface area contributed by atoms with Crippen LogP contribution in [0.1, 0.15) is 33.5 Å². The molecule has 0 radical (unpaired) electrons. The van der Waals surface area contributed by atoms with Crippen molar-refractivity contribution in [1.82, 2.24) is 9.21 Å². The van der Waals surface area contributed by atoms with Gasteiger partial charge in [0, 0.05) is 43.9 Å². The molecule has 7 heteroatoms. The fraction of sp³-hybridized carbons (Fsp3) is 0.375. The lowest BCUT2D eigenvalue weighted by atomic mass is 10.0. The van der Waals surface area contributed by atoms with E-state index in [9.17, 15) is 13.2 Å². The quantitative estimate of drug-likeness (QED) is 0.619. The molecule has 1 heterocycles. The fourth-order valence-electron chi connectivity index (χ4n) is 4.02. The van der Waals surface area contributed by atoms with Gasteiger partial charge in [0.05, 0.1) is 12.9 Å². The zero-order valence-corrected chi connectivity index (χ0v) is 18.8. The highest BCUT2D eigenvalue weighted by molar-refractivity contribution is 7.88. The van der Waals surface area contributed by atoms with Gasteiger partial charge in [0.2, 0.25) is 10.0 Å². The Morgan fingerprint density at radius 3 is 2.39 bits per heavy atom. The fourth-order valence-corrected chi connectivity index (χ4v) is 4.85. The third-order valence-electron chi connectivity index (χ3n) is 5.86. The van der Waals surface area contributed by atoms with Gasteiger partial charge in [0.1, 0.15) is 5.75 Å². The molecule has 0 aromatic heterocycles. The number of carbonyl (C=O) groups is 1. The summed E-state index contributed by atoms with van der Waals surface area (Å²) >= 11 is 0. The largest absolute Gasteiger partial charge is 0.494 e. The number of hydrogen-bond donors (Lipinski definition) is 0. The topological polar surface area (TPSA) is 66.9 Å². The van der Waals surface area contributed by atoms with Gasteiger partial charge in [-0.1, -0.05) is 35.9 Å². The molecule has 0 atom stereocenters. The monoisotopic (exact) mass is 440 g/mol. The summed E-state index contributed by atoms with van der Waals surface area (Å²) in [5.74, 6) is 0.737. The Bertz CT molecular complexity index is 1100. The van der Waals surface area contributed by atoms with Crippen LogP contribution in [0.15, 0.2) is 42.5 Å². The number of Topliss-reactive ketones (excluding diaryl/α,β-unsaturated/α-hetero) is 1. The number of allylic oxidation sites excluding steroid dienone is 1. The Labute approximate surface area is 184 Å². The van der Waals surface area contributed by atoms with Gasteiger partial charge < -0.3 is 9.64 Å². The summed E-state index contributed by atoms with van der Waals surface area (Å²) in [6.45, 7) is 6.02. The molecule has 2 aliphatic rings. The van der Waals surface area contributed by atoms with E-state index >= 15 is 0 Å². The van der Waals surface area contributed by atoms with Crippen molar-refractivity contribution in [2.45, 2.75) is 13.3 Å². The van der Waals surface area contributed by atoms with E-state index in [0.717, 1.165) is 42.8 Å². The third kappa shape index (κ3) is 5.06. The van der Waals surface area contributed by atoms with Crippen LogP contribution in [0.4, 0.5) is 0 Å². The lowest BCUT2D eigenvalue weighted by Gasteiger charge is -2.33. The first-order chi connectivity index (χ1) is 14.8. The predicted molar refractivity (Wildman–Crippen MR) is 123 cm³/mol. The zero-order chi connectivity index (χ0) is 22.0. The number of rotatable bonds is 7. The molecule has 1 fully saturated rings. The van der Waals surface area contributed by atoms with E-state index in [1.807, 2.05) is 55.5 Å². The molecule has 0 N–H and O–H groups in total. The first-order valence-corrected chi connectivity index (χ1v) is 12.4. The average Bonchev–Trinajstić information content (AvgIpc) is 3.07. The van der Waals surface area contributed by atoms with Gasteiger partial charge in [0.15, 0.2) is 5.78 Å². The van der Waals surface area contributed by atoms with Crippen LogP contribution in [0.5, 0.6) is 5.75 Å². The molecule has 0 bridgehead atoms. The van der Waals surface area contributed by atoms with Crippen LogP contribution >= 0.6 is 0 Å². The van der Waals surface area contributed by atoms with Gasteiger partial charge in [-0.25, -0.2) is 8.42 Å². The minimum atomic E-state index is -3.09. The normalized spacial score (nSPS) is 17.5. The Morgan fingerprint density at radius 1 is 1.00 bits per heavy atom.